The predicted molar refractivity (Wildman–Crippen MR) is 90.5 cm³/mol. The number of aryl methyl sites for hydroxylation is 1. The van der Waals surface area contributed by atoms with Crippen molar-refractivity contribution in [3.8, 4) is 5.75 Å². The molecule has 1 atom stereocenters. The summed E-state index contributed by atoms with van der Waals surface area (Å²) >= 11 is 1.36. The van der Waals surface area contributed by atoms with Crippen molar-refractivity contribution in [2.75, 3.05) is 11.4 Å². The van der Waals surface area contributed by atoms with Gasteiger partial charge in [-0.05, 0) is 37.3 Å². The molecule has 1 aromatic heterocycles. The van der Waals surface area contributed by atoms with Gasteiger partial charge >= 0.3 is 6.36 Å². The van der Waals surface area contributed by atoms with Gasteiger partial charge in [0.1, 0.15) is 10.8 Å². The molecule has 2 aromatic rings. The van der Waals surface area contributed by atoms with Crippen LogP contribution in [0.1, 0.15) is 21.7 Å². The van der Waals surface area contributed by atoms with E-state index < -0.39 is 12.0 Å². The summed E-state index contributed by atoms with van der Waals surface area (Å²) in [6.45, 7) is 2.18. The molecular weight excluding hydrogens is 369 g/mol. The number of aliphatic hydroxyl groups is 1. The van der Waals surface area contributed by atoms with Gasteiger partial charge < -0.3 is 14.7 Å². The number of carbonyl (C=O) groups excluding carboxylic acids is 1. The van der Waals surface area contributed by atoms with E-state index in [1.54, 1.807) is 11.0 Å². The van der Waals surface area contributed by atoms with E-state index in [9.17, 15) is 23.1 Å². The maximum absolute atomic E-state index is 12.7. The number of benzene rings is 1. The lowest BCUT2D eigenvalue weighted by molar-refractivity contribution is -0.274. The number of amidine groups is 1. The summed E-state index contributed by atoms with van der Waals surface area (Å²) in [5, 5.41) is 11.4. The van der Waals surface area contributed by atoms with E-state index in [2.05, 4.69) is 9.73 Å². The van der Waals surface area contributed by atoms with E-state index in [1.807, 2.05) is 6.92 Å². The molecule has 0 saturated carbocycles. The van der Waals surface area contributed by atoms with Crippen LogP contribution < -0.4 is 9.64 Å². The van der Waals surface area contributed by atoms with Crippen LogP contribution in [0.3, 0.4) is 0 Å². The SMILES string of the molecule is Cc1cc2c(s1)N=C1N(c3ccc(OC(F)(F)F)cc3)CCC1(O)C2=O. The molecule has 9 heteroatoms. The Morgan fingerprint density at radius 2 is 2.00 bits per heavy atom. The molecule has 0 radical (unpaired) electrons. The summed E-state index contributed by atoms with van der Waals surface area (Å²) in [5.41, 5.74) is -0.768. The number of Topliss-reactive ketones (excluding diaryl/α,β-unsaturated/α-hetero) is 1. The van der Waals surface area contributed by atoms with Crippen molar-refractivity contribution in [1.29, 1.82) is 0 Å². The van der Waals surface area contributed by atoms with Gasteiger partial charge in [-0.25, -0.2) is 4.99 Å². The maximum Gasteiger partial charge on any atom is 0.573 e. The molecule has 0 aliphatic carbocycles. The smallest absolute Gasteiger partial charge is 0.406 e. The molecule has 2 aliphatic rings. The Morgan fingerprint density at radius 3 is 2.65 bits per heavy atom. The van der Waals surface area contributed by atoms with Crippen molar-refractivity contribution in [3.05, 3.63) is 40.8 Å². The van der Waals surface area contributed by atoms with Crippen molar-refractivity contribution < 1.29 is 27.8 Å². The quantitative estimate of drug-likeness (QED) is 0.858. The second-order valence-electron chi connectivity index (χ2n) is 6.14. The molecular formula is C17H13F3N2O3S. The summed E-state index contributed by atoms with van der Waals surface area (Å²) in [6, 6.07) is 6.97. The zero-order chi connectivity index (χ0) is 18.7. The van der Waals surface area contributed by atoms with Crippen LogP contribution in [0.25, 0.3) is 0 Å². The average molecular weight is 382 g/mol. The molecule has 0 bridgehead atoms. The van der Waals surface area contributed by atoms with Gasteiger partial charge in [-0.15, -0.1) is 24.5 Å². The maximum atomic E-state index is 12.7. The third kappa shape index (κ3) is 2.67. The normalized spacial score (nSPS) is 22.1. The lowest BCUT2D eigenvalue weighted by Crippen LogP contribution is -2.48. The first-order valence-electron chi connectivity index (χ1n) is 7.77. The van der Waals surface area contributed by atoms with E-state index in [1.165, 1.54) is 35.6 Å². The number of aliphatic imine (C=N–C) groups is 1. The number of ketones is 1. The second-order valence-corrected chi connectivity index (χ2v) is 7.38. The van der Waals surface area contributed by atoms with Gasteiger partial charge in [0, 0.05) is 23.5 Å². The van der Waals surface area contributed by atoms with Gasteiger partial charge in [0.25, 0.3) is 0 Å². The topological polar surface area (TPSA) is 62.1 Å². The number of rotatable bonds is 2. The van der Waals surface area contributed by atoms with Crippen molar-refractivity contribution in [2.24, 2.45) is 4.99 Å². The van der Waals surface area contributed by atoms with E-state index in [-0.39, 0.29) is 23.8 Å². The van der Waals surface area contributed by atoms with Gasteiger partial charge in [-0.2, -0.15) is 0 Å². The molecule has 1 fully saturated rings. The molecule has 1 unspecified atom stereocenters. The van der Waals surface area contributed by atoms with Crippen molar-refractivity contribution in [3.63, 3.8) is 0 Å². The fourth-order valence-electron chi connectivity index (χ4n) is 3.23. The molecule has 5 nitrogen and oxygen atoms in total. The summed E-state index contributed by atoms with van der Waals surface area (Å²) < 4.78 is 40.7. The van der Waals surface area contributed by atoms with Crippen LogP contribution in [-0.2, 0) is 0 Å². The highest BCUT2D eigenvalue weighted by Gasteiger charge is 2.52. The highest BCUT2D eigenvalue weighted by molar-refractivity contribution is 7.16. The second kappa shape index (κ2) is 5.55. The van der Waals surface area contributed by atoms with Crippen LogP contribution in [0.2, 0.25) is 0 Å². The number of halogens is 3. The number of fused-ring (bicyclic) bond motifs is 2. The van der Waals surface area contributed by atoms with Gasteiger partial charge in [0.2, 0.25) is 5.78 Å². The van der Waals surface area contributed by atoms with Crippen LogP contribution in [0.5, 0.6) is 5.75 Å². The van der Waals surface area contributed by atoms with Gasteiger partial charge in [0.05, 0.1) is 5.56 Å². The third-order valence-electron chi connectivity index (χ3n) is 4.37. The van der Waals surface area contributed by atoms with Crippen LogP contribution in [0, 0.1) is 6.92 Å². The van der Waals surface area contributed by atoms with Crippen LogP contribution in [-0.4, -0.2) is 35.2 Å². The Kier molecular flexibility index (Phi) is 3.64. The van der Waals surface area contributed by atoms with E-state index in [0.717, 1.165) is 4.88 Å². The Bertz CT molecular complexity index is 920. The fourth-order valence-corrected chi connectivity index (χ4v) is 4.10. The van der Waals surface area contributed by atoms with Crippen LogP contribution >= 0.6 is 11.3 Å². The minimum absolute atomic E-state index is 0.166. The molecule has 2 aliphatic heterocycles. The minimum atomic E-state index is -4.76. The summed E-state index contributed by atoms with van der Waals surface area (Å²) in [5.74, 6) is -0.517. The zero-order valence-corrected chi connectivity index (χ0v) is 14.3. The third-order valence-corrected chi connectivity index (χ3v) is 5.31. The fraction of sp³-hybridized carbons (Fsp3) is 0.294. The highest BCUT2D eigenvalue weighted by Crippen LogP contribution is 2.43. The Morgan fingerprint density at radius 1 is 1.31 bits per heavy atom. The Hall–Kier alpha value is -2.39. The molecule has 1 N–H and O–H groups in total. The first-order chi connectivity index (χ1) is 12.2. The standard InChI is InChI=1S/C17H13F3N2O3S/c1-9-8-12-13(23)16(24)6-7-22(15(16)21-14(12)26-9)10-2-4-11(5-3-10)25-17(18,19)20/h2-5,8,24H,6-7H2,1H3. The molecule has 3 heterocycles. The van der Waals surface area contributed by atoms with E-state index in [0.29, 0.717) is 22.8 Å². The number of nitrogens with zero attached hydrogens (tertiary/aromatic N) is 2. The van der Waals surface area contributed by atoms with E-state index >= 15 is 0 Å². The zero-order valence-electron chi connectivity index (χ0n) is 13.5. The summed E-state index contributed by atoms with van der Waals surface area (Å²) in [4.78, 5) is 19.8. The molecule has 1 saturated heterocycles. The van der Waals surface area contributed by atoms with Crippen molar-refractivity contribution in [2.45, 2.75) is 25.3 Å². The molecule has 26 heavy (non-hydrogen) atoms. The summed E-state index contributed by atoms with van der Waals surface area (Å²) in [7, 11) is 0. The Labute approximate surface area is 150 Å². The lowest BCUT2D eigenvalue weighted by atomic mass is 9.90. The number of anilines is 1. The Balaban J connectivity index is 1.69. The number of alkyl halides is 3. The monoisotopic (exact) mass is 382 g/mol. The van der Waals surface area contributed by atoms with Gasteiger partial charge in [0.15, 0.2) is 11.4 Å². The largest absolute Gasteiger partial charge is 0.573 e. The lowest BCUT2D eigenvalue weighted by Gasteiger charge is -2.28. The van der Waals surface area contributed by atoms with Gasteiger partial charge in [-0.3, -0.25) is 4.79 Å². The highest BCUT2D eigenvalue weighted by atomic mass is 32.1. The first-order valence-corrected chi connectivity index (χ1v) is 8.59. The van der Waals surface area contributed by atoms with Crippen molar-refractivity contribution in [1.82, 2.24) is 0 Å². The molecule has 4 rings (SSSR count). The van der Waals surface area contributed by atoms with E-state index in [4.69, 9.17) is 0 Å². The molecule has 136 valence electrons. The van der Waals surface area contributed by atoms with Crippen LogP contribution in [0.4, 0.5) is 23.9 Å². The number of ether oxygens (including phenoxy) is 1. The minimum Gasteiger partial charge on any atom is -0.406 e. The van der Waals surface area contributed by atoms with Crippen molar-refractivity contribution >= 4 is 33.6 Å². The number of hydrogen-bond acceptors (Lipinski definition) is 6. The number of thiophene rings is 1. The number of carbonyl (C=O) groups is 1. The number of hydrogen-bond donors (Lipinski definition) is 1. The van der Waals surface area contributed by atoms with Gasteiger partial charge in [-0.1, -0.05) is 0 Å². The molecule has 1 aromatic carbocycles. The molecule has 0 spiro atoms. The average Bonchev–Trinajstić information content (AvgIpc) is 3.08. The first kappa shape index (κ1) is 17.0. The van der Waals surface area contributed by atoms with Crippen LogP contribution in [0.15, 0.2) is 35.3 Å². The molecule has 0 amide bonds. The predicted octanol–water partition coefficient (Wildman–Crippen LogP) is 3.82. The summed E-state index contributed by atoms with van der Waals surface area (Å²) in [6.07, 6.45) is -4.59.